The molecule has 1 rings (SSSR count). The molecule has 19 heavy (non-hydrogen) atoms. The maximum Gasteiger partial charge on any atom is 0.255 e. The van der Waals surface area contributed by atoms with Crippen LogP contribution in [0.1, 0.15) is 50.4 Å². The Balaban J connectivity index is 2.52. The molecule has 1 aromatic rings. The van der Waals surface area contributed by atoms with Gasteiger partial charge in [-0.25, -0.2) is 0 Å². The summed E-state index contributed by atoms with van der Waals surface area (Å²) in [6, 6.07) is 4.97. The lowest BCUT2D eigenvalue weighted by atomic mass is 10.0. The normalized spacial score (nSPS) is 12.5. The molecule has 3 nitrogen and oxygen atoms in total. The van der Waals surface area contributed by atoms with Gasteiger partial charge in [-0.15, -0.1) is 0 Å². The van der Waals surface area contributed by atoms with Crippen LogP contribution in [0.25, 0.3) is 0 Å². The number of hydrogen-bond acceptors (Lipinski definition) is 2. The second-order valence-corrected chi connectivity index (χ2v) is 6.28. The molecule has 0 bridgehead atoms. The Labute approximate surface area is 123 Å². The standard InChI is InChI=1S/C15H22BrNO2/c1-10(2)5-4-6-11(3)17-15(19)13-9-12(16)7-8-14(13)18/h7-11,18H,4-6H2,1-3H3,(H,17,19). The molecule has 106 valence electrons. The first-order chi connectivity index (χ1) is 8.90. The molecule has 0 aromatic heterocycles. The number of hydrogen-bond donors (Lipinski definition) is 2. The molecule has 0 saturated carbocycles. The van der Waals surface area contributed by atoms with Gasteiger partial charge in [-0.05, 0) is 37.5 Å². The highest BCUT2D eigenvalue weighted by Gasteiger charge is 2.14. The largest absolute Gasteiger partial charge is 0.507 e. The topological polar surface area (TPSA) is 49.3 Å². The van der Waals surface area contributed by atoms with E-state index in [0.717, 1.165) is 17.3 Å². The van der Waals surface area contributed by atoms with Gasteiger partial charge in [-0.1, -0.05) is 42.6 Å². The van der Waals surface area contributed by atoms with Gasteiger partial charge >= 0.3 is 0 Å². The molecule has 0 aliphatic carbocycles. The fourth-order valence-corrected chi connectivity index (χ4v) is 2.26. The molecule has 2 N–H and O–H groups in total. The van der Waals surface area contributed by atoms with Crippen LogP contribution in [0.4, 0.5) is 0 Å². The van der Waals surface area contributed by atoms with Crippen molar-refractivity contribution in [2.24, 2.45) is 5.92 Å². The van der Waals surface area contributed by atoms with Gasteiger partial charge < -0.3 is 10.4 Å². The predicted octanol–water partition coefficient (Wildman–Crippen LogP) is 4.10. The number of amides is 1. The lowest BCUT2D eigenvalue weighted by molar-refractivity contribution is 0.0935. The van der Waals surface area contributed by atoms with E-state index in [1.54, 1.807) is 12.1 Å². The number of halogens is 1. The SMILES string of the molecule is CC(C)CCCC(C)NC(=O)c1cc(Br)ccc1O. The van der Waals surface area contributed by atoms with Crippen molar-refractivity contribution >= 4 is 21.8 Å². The molecular formula is C15H22BrNO2. The first-order valence-electron chi connectivity index (χ1n) is 6.69. The van der Waals surface area contributed by atoms with Gasteiger partial charge in [-0.2, -0.15) is 0 Å². The number of benzene rings is 1. The Morgan fingerprint density at radius 3 is 2.63 bits per heavy atom. The predicted molar refractivity (Wildman–Crippen MR) is 81.4 cm³/mol. The van der Waals surface area contributed by atoms with Gasteiger partial charge in [0.25, 0.3) is 5.91 Å². The fraction of sp³-hybridized carbons (Fsp3) is 0.533. The van der Waals surface area contributed by atoms with Crippen LogP contribution < -0.4 is 5.32 Å². The van der Waals surface area contributed by atoms with Crippen LogP contribution in [0.15, 0.2) is 22.7 Å². The van der Waals surface area contributed by atoms with E-state index < -0.39 is 0 Å². The van der Waals surface area contributed by atoms with Crippen molar-refractivity contribution in [3.05, 3.63) is 28.2 Å². The van der Waals surface area contributed by atoms with Crippen LogP contribution in [-0.2, 0) is 0 Å². The third-order valence-corrected chi connectivity index (χ3v) is 3.49. The number of aromatic hydroxyl groups is 1. The molecule has 0 heterocycles. The summed E-state index contributed by atoms with van der Waals surface area (Å²) >= 11 is 3.30. The summed E-state index contributed by atoms with van der Waals surface area (Å²) in [6.07, 6.45) is 3.23. The van der Waals surface area contributed by atoms with E-state index in [4.69, 9.17) is 0 Å². The quantitative estimate of drug-likeness (QED) is 0.826. The summed E-state index contributed by atoms with van der Waals surface area (Å²) in [4.78, 5) is 12.0. The van der Waals surface area contributed by atoms with E-state index in [-0.39, 0.29) is 17.7 Å². The maximum absolute atomic E-state index is 12.0. The van der Waals surface area contributed by atoms with Gasteiger partial charge in [-0.3, -0.25) is 4.79 Å². The van der Waals surface area contributed by atoms with Crippen molar-refractivity contribution in [1.29, 1.82) is 0 Å². The van der Waals surface area contributed by atoms with Crippen molar-refractivity contribution in [2.45, 2.75) is 46.1 Å². The average molecular weight is 328 g/mol. The highest BCUT2D eigenvalue weighted by Crippen LogP contribution is 2.22. The van der Waals surface area contributed by atoms with Gasteiger partial charge in [0.2, 0.25) is 0 Å². The average Bonchev–Trinajstić information content (AvgIpc) is 2.31. The number of rotatable bonds is 6. The molecule has 0 saturated heterocycles. The molecule has 0 spiro atoms. The molecule has 1 aromatic carbocycles. The van der Waals surface area contributed by atoms with Crippen LogP contribution in [0.2, 0.25) is 0 Å². The second-order valence-electron chi connectivity index (χ2n) is 5.36. The molecule has 1 amide bonds. The summed E-state index contributed by atoms with van der Waals surface area (Å²) in [5, 5.41) is 12.6. The zero-order chi connectivity index (χ0) is 14.4. The number of phenols is 1. The van der Waals surface area contributed by atoms with Crippen LogP contribution in [0.3, 0.4) is 0 Å². The highest BCUT2D eigenvalue weighted by molar-refractivity contribution is 9.10. The first-order valence-corrected chi connectivity index (χ1v) is 7.48. The van der Waals surface area contributed by atoms with E-state index in [2.05, 4.69) is 35.1 Å². The number of carbonyl (C=O) groups is 1. The van der Waals surface area contributed by atoms with Crippen molar-refractivity contribution < 1.29 is 9.90 Å². The Morgan fingerprint density at radius 1 is 1.32 bits per heavy atom. The second kappa shape index (κ2) is 7.53. The molecule has 0 aliphatic heterocycles. The van der Waals surface area contributed by atoms with Gasteiger partial charge in [0.1, 0.15) is 5.75 Å². The molecule has 1 atom stereocenters. The van der Waals surface area contributed by atoms with Gasteiger partial charge in [0.05, 0.1) is 5.56 Å². The number of phenolic OH excluding ortho intramolecular Hbond substituents is 1. The number of carbonyl (C=O) groups excluding carboxylic acids is 1. The van der Waals surface area contributed by atoms with Crippen molar-refractivity contribution in [3.8, 4) is 5.75 Å². The van der Waals surface area contributed by atoms with E-state index in [0.29, 0.717) is 11.5 Å². The Kier molecular flexibility index (Phi) is 6.35. The lowest BCUT2D eigenvalue weighted by Gasteiger charge is -2.15. The Bertz CT molecular complexity index is 432. The van der Waals surface area contributed by atoms with E-state index in [1.807, 2.05) is 6.92 Å². The summed E-state index contributed by atoms with van der Waals surface area (Å²) in [7, 11) is 0. The molecule has 0 radical (unpaired) electrons. The first kappa shape index (κ1) is 16.0. The fourth-order valence-electron chi connectivity index (χ4n) is 1.90. The maximum atomic E-state index is 12.0. The van der Waals surface area contributed by atoms with E-state index >= 15 is 0 Å². The van der Waals surface area contributed by atoms with Crippen molar-refractivity contribution in [2.75, 3.05) is 0 Å². The summed E-state index contributed by atoms with van der Waals surface area (Å²) in [5.41, 5.74) is 0.310. The molecule has 4 heteroatoms. The zero-order valence-electron chi connectivity index (χ0n) is 11.7. The lowest BCUT2D eigenvalue weighted by Crippen LogP contribution is -2.32. The highest BCUT2D eigenvalue weighted by atomic mass is 79.9. The monoisotopic (exact) mass is 327 g/mol. The zero-order valence-corrected chi connectivity index (χ0v) is 13.3. The summed E-state index contributed by atoms with van der Waals surface area (Å²) in [6.45, 7) is 6.39. The molecular weight excluding hydrogens is 306 g/mol. The Morgan fingerprint density at radius 2 is 2.00 bits per heavy atom. The van der Waals surface area contributed by atoms with Gasteiger partial charge in [0.15, 0.2) is 0 Å². The van der Waals surface area contributed by atoms with Crippen LogP contribution in [0.5, 0.6) is 5.75 Å². The minimum Gasteiger partial charge on any atom is -0.507 e. The van der Waals surface area contributed by atoms with Crippen LogP contribution >= 0.6 is 15.9 Å². The molecule has 1 unspecified atom stereocenters. The summed E-state index contributed by atoms with van der Waals surface area (Å²) < 4.78 is 0.780. The van der Waals surface area contributed by atoms with Crippen molar-refractivity contribution in [1.82, 2.24) is 5.32 Å². The van der Waals surface area contributed by atoms with E-state index in [1.165, 1.54) is 12.5 Å². The van der Waals surface area contributed by atoms with Gasteiger partial charge in [0, 0.05) is 10.5 Å². The van der Waals surface area contributed by atoms with Crippen LogP contribution in [0, 0.1) is 5.92 Å². The molecule has 0 aliphatic rings. The minimum atomic E-state index is -0.226. The van der Waals surface area contributed by atoms with Crippen LogP contribution in [-0.4, -0.2) is 17.1 Å². The molecule has 0 fully saturated rings. The minimum absolute atomic E-state index is 0.00933. The number of nitrogens with one attached hydrogen (secondary N) is 1. The smallest absolute Gasteiger partial charge is 0.255 e. The Hall–Kier alpha value is -1.03. The third-order valence-electron chi connectivity index (χ3n) is 3.00. The van der Waals surface area contributed by atoms with Crippen molar-refractivity contribution in [3.63, 3.8) is 0 Å². The third kappa shape index (κ3) is 5.64. The summed E-state index contributed by atoms with van der Waals surface area (Å²) in [5.74, 6) is 0.475. The van der Waals surface area contributed by atoms with E-state index in [9.17, 15) is 9.90 Å².